The molecule has 4 nitrogen and oxygen atoms in total. The minimum absolute atomic E-state index is 0.175. The quantitative estimate of drug-likeness (QED) is 0.618. The van der Waals surface area contributed by atoms with Crippen LogP contribution in [0.25, 0.3) is 0 Å². The molecular formula is C10H8INO3. The SMILES string of the molecule is COC(=O)c1c(C#N)ccc(I)c1OC. The van der Waals surface area contributed by atoms with Crippen molar-refractivity contribution in [2.45, 2.75) is 0 Å². The molecular weight excluding hydrogens is 309 g/mol. The molecule has 0 heterocycles. The van der Waals surface area contributed by atoms with Gasteiger partial charge in [0.1, 0.15) is 17.4 Å². The van der Waals surface area contributed by atoms with Gasteiger partial charge in [-0.1, -0.05) is 0 Å². The molecule has 15 heavy (non-hydrogen) atoms. The van der Waals surface area contributed by atoms with Crippen LogP contribution >= 0.6 is 22.6 Å². The maximum atomic E-state index is 11.5. The summed E-state index contributed by atoms with van der Waals surface area (Å²) in [4.78, 5) is 11.5. The Kier molecular flexibility index (Phi) is 3.91. The Morgan fingerprint density at radius 3 is 2.60 bits per heavy atom. The number of methoxy groups -OCH3 is 2. The zero-order chi connectivity index (χ0) is 11.4. The van der Waals surface area contributed by atoms with Gasteiger partial charge in [-0.05, 0) is 34.7 Å². The van der Waals surface area contributed by atoms with Gasteiger partial charge in [-0.15, -0.1) is 0 Å². The van der Waals surface area contributed by atoms with E-state index < -0.39 is 5.97 Å². The van der Waals surface area contributed by atoms with Gasteiger partial charge in [0.2, 0.25) is 0 Å². The third kappa shape index (κ3) is 2.21. The standard InChI is InChI=1S/C10H8INO3/c1-14-9-7(11)4-3-6(5-12)8(9)10(13)15-2/h3-4H,1-2H3. The summed E-state index contributed by atoms with van der Waals surface area (Å²) in [6.45, 7) is 0. The van der Waals surface area contributed by atoms with Crippen molar-refractivity contribution < 1.29 is 14.3 Å². The summed E-state index contributed by atoms with van der Waals surface area (Å²) in [5.41, 5.74) is 0.425. The molecule has 0 N–H and O–H groups in total. The van der Waals surface area contributed by atoms with Crippen LogP contribution in [0.2, 0.25) is 0 Å². The van der Waals surface area contributed by atoms with E-state index in [1.165, 1.54) is 14.2 Å². The van der Waals surface area contributed by atoms with Crippen LogP contribution in [-0.4, -0.2) is 20.2 Å². The normalized spacial score (nSPS) is 9.20. The Bertz CT molecular complexity index is 437. The highest BCUT2D eigenvalue weighted by atomic mass is 127. The number of ether oxygens (including phenoxy) is 2. The van der Waals surface area contributed by atoms with Crippen LogP contribution in [0.4, 0.5) is 0 Å². The molecule has 0 unspecified atom stereocenters. The van der Waals surface area contributed by atoms with Gasteiger partial charge in [-0.3, -0.25) is 0 Å². The highest BCUT2D eigenvalue weighted by Gasteiger charge is 2.20. The van der Waals surface area contributed by atoms with Gasteiger partial charge in [0.15, 0.2) is 0 Å². The molecule has 0 aliphatic rings. The van der Waals surface area contributed by atoms with Gasteiger partial charge >= 0.3 is 5.97 Å². The van der Waals surface area contributed by atoms with Gasteiger partial charge in [-0.25, -0.2) is 4.79 Å². The van der Waals surface area contributed by atoms with Gasteiger partial charge in [0.05, 0.1) is 23.4 Å². The molecule has 1 aromatic rings. The largest absolute Gasteiger partial charge is 0.495 e. The van der Waals surface area contributed by atoms with E-state index in [0.717, 1.165) is 3.57 Å². The Morgan fingerprint density at radius 1 is 1.47 bits per heavy atom. The first-order chi connectivity index (χ1) is 7.15. The molecule has 0 saturated carbocycles. The van der Waals surface area contributed by atoms with Crippen molar-refractivity contribution in [2.24, 2.45) is 0 Å². The second-order valence-electron chi connectivity index (χ2n) is 2.61. The first kappa shape index (κ1) is 11.8. The van der Waals surface area contributed by atoms with Gasteiger partial charge in [-0.2, -0.15) is 5.26 Å². The number of hydrogen-bond acceptors (Lipinski definition) is 4. The molecule has 1 rings (SSSR count). The second kappa shape index (κ2) is 4.98. The van der Waals surface area contributed by atoms with Crippen LogP contribution in [0.15, 0.2) is 12.1 Å². The molecule has 0 radical (unpaired) electrons. The number of esters is 1. The molecule has 0 amide bonds. The average molecular weight is 317 g/mol. The summed E-state index contributed by atoms with van der Waals surface area (Å²) < 4.78 is 10.4. The molecule has 0 fully saturated rings. The fourth-order valence-corrected chi connectivity index (χ4v) is 1.82. The van der Waals surface area contributed by atoms with Crippen molar-refractivity contribution >= 4 is 28.6 Å². The van der Waals surface area contributed by atoms with E-state index in [9.17, 15) is 4.79 Å². The zero-order valence-electron chi connectivity index (χ0n) is 8.20. The van der Waals surface area contributed by atoms with Crippen molar-refractivity contribution in [3.8, 4) is 11.8 Å². The number of nitriles is 1. The average Bonchev–Trinajstić information content (AvgIpc) is 2.27. The highest BCUT2D eigenvalue weighted by Crippen LogP contribution is 2.28. The summed E-state index contributed by atoms with van der Waals surface area (Å²) in [5.74, 6) is -0.191. The topological polar surface area (TPSA) is 59.3 Å². The van der Waals surface area contributed by atoms with Gasteiger partial charge in [0.25, 0.3) is 0 Å². The monoisotopic (exact) mass is 317 g/mol. The van der Waals surface area contributed by atoms with Crippen LogP contribution in [0, 0.1) is 14.9 Å². The molecule has 0 spiro atoms. The number of benzene rings is 1. The first-order valence-electron chi connectivity index (χ1n) is 4.00. The van der Waals surface area contributed by atoms with E-state index in [1.54, 1.807) is 12.1 Å². The van der Waals surface area contributed by atoms with Crippen LogP contribution in [0.3, 0.4) is 0 Å². The molecule has 0 aromatic heterocycles. The van der Waals surface area contributed by atoms with E-state index >= 15 is 0 Å². The minimum Gasteiger partial charge on any atom is -0.495 e. The Balaban J connectivity index is 3.49. The maximum Gasteiger partial charge on any atom is 0.343 e. The maximum absolute atomic E-state index is 11.5. The molecule has 0 atom stereocenters. The Hall–Kier alpha value is -1.29. The van der Waals surface area contributed by atoms with E-state index in [0.29, 0.717) is 5.75 Å². The van der Waals surface area contributed by atoms with E-state index in [-0.39, 0.29) is 11.1 Å². The number of hydrogen-bond donors (Lipinski definition) is 0. The van der Waals surface area contributed by atoms with Crippen LogP contribution < -0.4 is 4.74 Å². The van der Waals surface area contributed by atoms with E-state index in [4.69, 9.17) is 10.00 Å². The fourth-order valence-electron chi connectivity index (χ4n) is 1.15. The summed E-state index contributed by atoms with van der Waals surface area (Å²) in [6.07, 6.45) is 0. The predicted molar refractivity (Wildman–Crippen MR) is 61.8 cm³/mol. The van der Waals surface area contributed by atoms with Gasteiger partial charge < -0.3 is 9.47 Å². The smallest absolute Gasteiger partial charge is 0.343 e. The van der Waals surface area contributed by atoms with Gasteiger partial charge in [0, 0.05) is 0 Å². The second-order valence-corrected chi connectivity index (χ2v) is 3.77. The lowest BCUT2D eigenvalue weighted by molar-refractivity contribution is 0.0596. The summed E-state index contributed by atoms with van der Waals surface area (Å²) >= 11 is 2.03. The van der Waals surface area contributed by atoms with Crippen molar-refractivity contribution in [1.29, 1.82) is 5.26 Å². The number of carbonyl (C=O) groups excluding carboxylic acids is 1. The highest BCUT2D eigenvalue weighted by molar-refractivity contribution is 14.1. The third-order valence-corrected chi connectivity index (χ3v) is 2.67. The van der Waals surface area contributed by atoms with Crippen LogP contribution in [-0.2, 0) is 4.74 Å². The third-order valence-electron chi connectivity index (χ3n) is 1.82. The number of nitrogens with zero attached hydrogens (tertiary/aromatic N) is 1. The molecule has 1 aromatic carbocycles. The molecule has 0 aliphatic heterocycles. The van der Waals surface area contributed by atoms with Crippen molar-refractivity contribution in [2.75, 3.05) is 14.2 Å². The minimum atomic E-state index is -0.568. The Labute approximate surface area is 101 Å². The van der Waals surface area contributed by atoms with Crippen LogP contribution in [0.1, 0.15) is 15.9 Å². The summed E-state index contributed by atoms with van der Waals surface area (Å²) in [7, 11) is 2.72. The van der Waals surface area contributed by atoms with E-state index in [1.807, 2.05) is 28.7 Å². The lowest BCUT2D eigenvalue weighted by Crippen LogP contribution is -2.08. The predicted octanol–water partition coefficient (Wildman–Crippen LogP) is 1.96. The fraction of sp³-hybridized carbons (Fsp3) is 0.200. The zero-order valence-corrected chi connectivity index (χ0v) is 10.4. The lowest BCUT2D eigenvalue weighted by Gasteiger charge is -2.09. The number of carbonyl (C=O) groups is 1. The molecule has 5 heteroatoms. The summed E-state index contributed by atoms with van der Waals surface area (Å²) in [5, 5.41) is 8.86. The van der Waals surface area contributed by atoms with Crippen LogP contribution in [0.5, 0.6) is 5.75 Å². The molecule has 0 aliphatic carbocycles. The lowest BCUT2D eigenvalue weighted by atomic mass is 10.1. The van der Waals surface area contributed by atoms with Crippen molar-refractivity contribution in [1.82, 2.24) is 0 Å². The number of halogens is 1. The molecule has 0 bridgehead atoms. The summed E-state index contributed by atoms with van der Waals surface area (Å²) in [6, 6.07) is 5.21. The molecule has 0 saturated heterocycles. The number of rotatable bonds is 2. The first-order valence-corrected chi connectivity index (χ1v) is 5.08. The van der Waals surface area contributed by atoms with Crippen molar-refractivity contribution in [3.63, 3.8) is 0 Å². The molecule has 78 valence electrons. The Morgan fingerprint density at radius 2 is 2.13 bits per heavy atom. The van der Waals surface area contributed by atoms with E-state index in [2.05, 4.69) is 4.74 Å². The van der Waals surface area contributed by atoms with Crippen molar-refractivity contribution in [3.05, 3.63) is 26.8 Å².